The molecule has 5 heteroatoms. The molecule has 1 atom stereocenters. The largest absolute Gasteiger partial charge is 0.459 e. The van der Waals surface area contributed by atoms with Crippen LogP contribution in [0.5, 0.6) is 0 Å². The Bertz CT molecular complexity index is 419. The third kappa shape index (κ3) is 2.07. The number of nitrogens with one attached hydrogen (secondary N) is 2. The maximum atomic E-state index is 11.6. The van der Waals surface area contributed by atoms with Crippen molar-refractivity contribution in [3.05, 3.63) is 42.4 Å². The average Bonchev–Trinajstić information content (AvgIpc) is 2.91. The van der Waals surface area contributed by atoms with Gasteiger partial charge in [0.15, 0.2) is 5.76 Å². The van der Waals surface area contributed by atoms with Crippen molar-refractivity contribution in [1.29, 1.82) is 0 Å². The summed E-state index contributed by atoms with van der Waals surface area (Å²) in [5.41, 5.74) is 0. The number of furan rings is 1. The molecule has 0 aromatic carbocycles. The minimum Gasteiger partial charge on any atom is -0.459 e. The van der Waals surface area contributed by atoms with E-state index in [-0.39, 0.29) is 11.9 Å². The highest BCUT2D eigenvalue weighted by Gasteiger charge is 2.14. The van der Waals surface area contributed by atoms with Gasteiger partial charge in [0.2, 0.25) is 0 Å². The van der Waals surface area contributed by atoms with Gasteiger partial charge in [-0.2, -0.15) is 0 Å². The van der Waals surface area contributed by atoms with E-state index in [1.807, 2.05) is 6.92 Å². The number of H-pyrrole nitrogens is 1. The van der Waals surface area contributed by atoms with Crippen molar-refractivity contribution in [2.45, 2.75) is 13.0 Å². The number of amides is 1. The maximum Gasteiger partial charge on any atom is 0.287 e. The zero-order chi connectivity index (χ0) is 10.7. The molecule has 0 aliphatic rings. The number of aromatic amines is 1. The first-order chi connectivity index (χ1) is 7.27. The SMILES string of the molecule is CC(NC(=O)c1ccco1)c1ncc[nH]1. The number of carbonyl (C=O) groups is 1. The van der Waals surface area contributed by atoms with Crippen molar-refractivity contribution in [2.75, 3.05) is 0 Å². The predicted octanol–water partition coefficient (Wildman–Crippen LogP) is 1.49. The first-order valence-electron chi connectivity index (χ1n) is 4.61. The van der Waals surface area contributed by atoms with Gasteiger partial charge in [-0.3, -0.25) is 4.79 Å². The third-order valence-corrected chi connectivity index (χ3v) is 2.02. The van der Waals surface area contributed by atoms with E-state index in [1.165, 1.54) is 6.26 Å². The summed E-state index contributed by atoms with van der Waals surface area (Å²) < 4.78 is 4.97. The van der Waals surface area contributed by atoms with Gasteiger partial charge in [0, 0.05) is 12.4 Å². The first-order valence-corrected chi connectivity index (χ1v) is 4.61. The van der Waals surface area contributed by atoms with E-state index in [1.54, 1.807) is 24.5 Å². The van der Waals surface area contributed by atoms with E-state index >= 15 is 0 Å². The molecular formula is C10H11N3O2. The number of hydrogen-bond acceptors (Lipinski definition) is 3. The maximum absolute atomic E-state index is 11.6. The number of nitrogens with zero attached hydrogens (tertiary/aromatic N) is 1. The standard InChI is InChI=1S/C10H11N3O2/c1-7(9-11-4-5-12-9)13-10(14)8-3-2-6-15-8/h2-7H,1H3,(H,11,12)(H,13,14). The molecule has 0 saturated heterocycles. The number of carbonyl (C=O) groups excluding carboxylic acids is 1. The molecule has 2 N–H and O–H groups in total. The summed E-state index contributed by atoms with van der Waals surface area (Å²) in [6.45, 7) is 1.85. The Kier molecular flexibility index (Phi) is 2.53. The molecule has 1 amide bonds. The molecule has 0 fully saturated rings. The molecule has 15 heavy (non-hydrogen) atoms. The van der Waals surface area contributed by atoms with Crippen molar-refractivity contribution < 1.29 is 9.21 Å². The fourth-order valence-corrected chi connectivity index (χ4v) is 1.26. The van der Waals surface area contributed by atoms with Gasteiger partial charge in [-0.15, -0.1) is 0 Å². The predicted molar refractivity (Wildman–Crippen MR) is 53.2 cm³/mol. The Hall–Kier alpha value is -2.04. The molecular weight excluding hydrogens is 194 g/mol. The molecule has 2 aromatic heterocycles. The summed E-state index contributed by atoms with van der Waals surface area (Å²) in [5, 5.41) is 2.76. The number of rotatable bonds is 3. The Labute approximate surface area is 86.5 Å². The van der Waals surface area contributed by atoms with Gasteiger partial charge in [-0.05, 0) is 19.1 Å². The average molecular weight is 205 g/mol. The highest BCUT2D eigenvalue weighted by atomic mass is 16.3. The molecule has 2 heterocycles. The minimum absolute atomic E-state index is 0.169. The van der Waals surface area contributed by atoms with Crippen molar-refractivity contribution in [3.63, 3.8) is 0 Å². The van der Waals surface area contributed by atoms with Gasteiger partial charge >= 0.3 is 0 Å². The molecule has 0 bridgehead atoms. The Morgan fingerprint density at radius 1 is 1.67 bits per heavy atom. The highest BCUT2D eigenvalue weighted by Crippen LogP contribution is 2.07. The number of hydrogen-bond donors (Lipinski definition) is 2. The Morgan fingerprint density at radius 2 is 2.53 bits per heavy atom. The van der Waals surface area contributed by atoms with E-state index in [2.05, 4.69) is 15.3 Å². The zero-order valence-electron chi connectivity index (χ0n) is 8.23. The van der Waals surface area contributed by atoms with Crippen LogP contribution in [-0.4, -0.2) is 15.9 Å². The van der Waals surface area contributed by atoms with E-state index < -0.39 is 0 Å². The lowest BCUT2D eigenvalue weighted by atomic mass is 10.3. The number of imidazole rings is 1. The van der Waals surface area contributed by atoms with Gasteiger partial charge in [0.05, 0.1) is 12.3 Å². The molecule has 1 unspecified atom stereocenters. The zero-order valence-corrected chi connectivity index (χ0v) is 8.23. The normalized spacial score (nSPS) is 12.3. The molecule has 0 radical (unpaired) electrons. The van der Waals surface area contributed by atoms with Crippen molar-refractivity contribution in [1.82, 2.24) is 15.3 Å². The van der Waals surface area contributed by atoms with Crippen LogP contribution < -0.4 is 5.32 Å². The summed E-state index contributed by atoms with van der Waals surface area (Å²) >= 11 is 0. The summed E-state index contributed by atoms with van der Waals surface area (Å²) in [7, 11) is 0. The van der Waals surface area contributed by atoms with Crippen LogP contribution in [0.25, 0.3) is 0 Å². The third-order valence-electron chi connectivity index (χ3n) is 2.02. The monoisotopic (exact) mass is 205 g/mol. The fraction of sp³-hybridized carbons (Fsp3) is 0.200. The lowest BCUT2D eigenvalue weighted by Gasteiger charge is -2.09. The molecule has 2 rings (SSSR count). The van der Waals surface area contributed by atoms with Crippen LogP contribution in [0.1, 0.15) is 29.3 Å². The summed E-state index contributed by atoms with van der Waals surface area (Å²) in [6.07, 6.45) is 4.82. The molecule has 0 aliphatic carbocycles. The van der Waals surface area contributed by atoms with E-state index in [0.29, 0.717) is 5.76 Å². The number of aromatic nitrogens is 2. The second-order valence-electron chi connectivity index (χ2n) is 3.15. The van der Waals surface area contributed by atoms with E-state index in [4.69, 9.17) is 4.42 Å². The van der Waals surface area contributed by atoms with Crippen LogP contribution in [-0.2, 0) is 0 Å². The quantitative estimate of drug-likeness (QED) is 0.797. The Morgan fingerprint density at radius 3 is 3.13 bits per heavy atom. The van der Waals surface area contributed by atoms with Crippen molar-refractivity contribution in [2.24, 2.45) is 0 Å². The van der Waals surface area contributed by atoms with Crippen LogP contribution in [0.3, 0.4) is 0 Å². The Balaban J connectivity index is 2.01. The fourth-order valence-electron chi connectivity index (χ4n) is 1.26. The van der Waals surface area contributed by atoms with Gasteiger partial charge in [-0.25, -0.2) is 4.98 Å². The van der Waals surface area contributed by atoms with Gasteiger partial charge in [-0.1, -0.05) is 0 Å². The molecule has 0 spiro atoms. The summed E-state index contributed by atoms with van der Waals surface area (Å²) in [6, 6.07) is 3.12. The van der Waals surface area contributed by atoms with E-state index in [0.717, 1.165) is 5.82 Å². The van der Waals surface area contributed by atoms with Gasteiger partial charge in [0.25, 0.3) is 5.91 Å². The van der Waals surface area contributed by atoms with E-state index in [9.17, 15) is 4.79 Å². The smallest absolute Gasteiger partial charge is 0.287 e. The lowest BCUT2D eigenvalue weighted by Crippen LogP contribution is -2.26. The summed E-state index contributed by atoms with van der Waals surface area (Å²) in [5.74, 6) is 0.771. The first kappa shape index (κ1) is 9.51. The van der Waals surface area contributed by atoms with Crippen molar-refractivity contribution >= 4 is 5.91 Å². The molecule has 78 valence electrons. The highest BCUT2D eigenvalue weighted by molar-refractivity contribution is 5.91. The van der Waals surface area contributed by atoms with Crippen LogP contribution in [0.2, 0.25) is 0 Å². The van der Waals surface area contributed by atoms with Crippen LogP contribution in [0, 0.1) is 0 Å². The summed E-state index contributed by atoms with van der Waals surface area (Å²) in [4.78, 5) is 18.5. The second-order valence-corrected chi connectivity index (χ2v) is 3.15. The second kappa shape index (κ2) is 4.00. The van der Waals surface area contributed by atoms with Crippen LogP contribution in [0.15, 0.2) is 35.2 Å². The van der Waals surface area contributed by atoms with Crippen LogP contribution >= 0.6 is 0 Å². The van der Waals surface area contributed by atoms with Crippen molar-refractivity contribution in [3.8, 4) is 0 Å². The van der Waals surface area contributed by atoms with Gasteiger partial charge in [0.1, 0.15) is 5.82 Å². The lowest BCUT2D eigenvalue weighted by molar-refractivity contribution is 0.0910. The molecule has 0 aliphatic heterocycles. The molecule has 5 nitrogen and oxygen atoms in total. The minimum atomic E-state index is -0.246. The van der Waals surface area contributed by atoms with Gasteiger partial charge < -0.3 is 14.7 Å². The molecule has 0 saturated carbocycles. The molecule has 2 aromatic rings. The topological polar surface area (TPSA) is 70.9 Å². The van der Waals surface area contributed by atoms with Crippen LogP contribution in [0.4, 0.5) is 0 Å².